The van der Waals surface area contributed by atoms with Crippen LogP contribution in [0.15, 0.2) is 18.2 Å². The largest absolute Gasteiger partial charge is 0.444 e. The number of carbonyl (C=O) groups excluding carboxylic acids is 1. The first-order valence-corrected chi connectivity index (χ1v) is 9.67. The zero-order valence-corrected chi connectivity index (χ0v) is 16.7. The smallest absolute Gasteiger partial charge is 0.407 e. The SMILES string of the molecule is CC(C)(C)OC(=O)NC1CCC(CCNc2cccc(Cl)c2Cl)CC1. The summed E-state index contributed by atoms with van der Waals surface area (Å²) in [6.07, 6.45) is 5.01. The van der Waals surface area contributed by atoms with Crippen LogP contribution in [0.3, 0.4) is 0 Å². The first-order valence-electron chi connectivity index (χ1n) is 8.92. The zero-order chi connectivity index (χ0) is 18.4. The first kappa shape index (κ1) is 20.2. The molecule has 1 amide bonds. The minimum absolute atomic E-state index is 0.224. The predicted octanol–water partition coefficient (Wildman–Crippen LogP) is 5.88. The molecule has 0 heterocycles. The lowest BCUT2D eigenvalue weighted by atomic mass is 9.84. The number of alkyl carbamates (subject to hydrolysis) is 1. The van der Waals surface area contributed by atoms with Gasteiger partial charge in [-0.05, 0) is 70.9 Å². The molecule has 140 valence electrons. The lowest BCUT2D eigenvalue weighted by molar-refractivity contribution is 0.0487. The average Bonchev–Trinajstić information content (AvgIpc) is 2.51. The Morgan fingerprint density at radius 3 is 2.52 bits per heavy atom. The van der Waals surface area contributed by atoms with E-state index in [1.54, 1.807) is 6.07 Å². The van der Waals surface area contributed by atoms with E-state index in [1.807, 2.05) is 32.9 Å². The molecule has 0 aliphatic heterocycles. The fraction of sp³-hybridized carbons (Fsp3) is 0.632. The summed E-state index contributed by atoms with van der Waals surface area (Å²) in [5.74, 6) is 0.669. The number of amides is 1. The van der Waals surface area contributed by atoms with Gasteiger partial charge in [0.1, 0.15) is 5.60 Å². The van der Waals surface area contributed by atoms with E-state index < -0.39 is 5.60 Å². The summed E-state index contributed by atoms with van der Waals surface area (Å²) in [5.41, 5.74) is 0.434. The highest BCUT2D eigenvalue weighted by Gasteiger charge is 2.24. The predicted molar refractivity (Wildman–Crippen MR) is 105 cm³/mol. The number of hydrogen-bond donors (Lipinski definition) is 2. The van der Waals surface area contributed by atoms with Gasteiger partial charge in [-0.25, -0.2) is 4.79 Å². The van der Waals surface area contributed by atoms with Crippen LogP contribution in [0, 0.1) is 5.92 Å². The van der Waals surface area contributed by atoms with E-state index in [9.17, 15) is 4.79 Å². The van der Waals surface area contributed by atoms with Gasteiger partial charge in [0.15, 0.2) is 0 Å². The standard InChI is InChI=1S/C19H28Cl2N2O2/c1-19(2,3)25-18(24)23-14-9-7-13(8-10-14)11-12-22-16-6-4-5-15(20)17(16)21/h4-6,13-14,22H,7-12H2,1-3H3,(H,23,24). The van der Waals surface area contributed by atoms with Gasteiger partial charge in [-0.15, -0.1) is 0 Å². The summed E-state index contributed by atoms with van der Waals surface area (Å²) in [4.78, 5) is 11.8. The summed E-state index contributed by atoms with van der Waals surface area (Å²) in [6, 6.07) is 5.84. The number of nitrogens with one attached hydrogen (secondary N) is 2. The molecule has 0 saturated heterocycles. The number of benzene rings is 1. The van der Waals surface area contributed by atoms with Gasteiger partial charge in [0.05, 0.1) is 15.7 Å². The number of carbonyl (C=O) groups is 1. The zero-order valence-electron chi connectivity index (χ0n) is 15.2. The average molecular weight is 387 g/mol. The van der Waals surface area contributed by atoms with Crippen LogP contribution in [0.2, 0.25) is 10.0 Å². The third-order valence-corrected chi connectivity index (χ3v) is 5.21. The van der Waals surface area contributed by atoms with Crippen molar-refractivity contribution in [3.05, 3.63) is 28.2 Å². The maximum absolute atomic E-state index is 11.8. The van der Waals surface area contributed by atoms with Gasteiger partial charge in [0.2, 0.25) is 0 Å². The van der Waals surface area contributed by atoms with Crippen LogP contribution in [0.5, 0.6) is 0 Å². The third kappa shape index (κ3) is 6.95. The number of ether oxygens (including phenoxy) is 1. The number of hydrogen-bond acceptors (Lipinski definition) is 3. The molecule has 1 fully saturated rings. The molecule has 1 aliphatic carbocycles. The molecule has 2 N–H and O–H groups in total. The van der Waals surface area contributed by atoms with E-state index in [0.717, 1.165) is 44.3 Å². The Morgan fingerprint density at radius 1 is 1.20 bits per heavy atom. The number of halogens is 2. The molecule has 1 aromatic rings. The minimum Gasteiger partial charge on any atom is -0.444 e. The maximum atomic E-state index is 11.8. The minimum atomic E-state index is -0.450. The van der Waals surface area contributed by atoms with Crippen LogP contribution in [-0.4, -0.2) is 24.3 Å². The highest BCUT2D eigenvalue weighted by Crippen LogP contribution is 2.31. The van der Waals surface area contributed by atoms with Gasteiger partial charge in [0.25, 0.3) is 0 Å². The third-order valence-electron chi connectivity index (χ3n) is 4.39. The maximum Gasteiger partial charge on any atom is 0.407 e. The summed E-state index contributed by atoms with van der Waals surface area (Å²) in [5, 5.41) is 7.49. The van der Waals surface area contributed by atoms with Gasteiger partial charge in [0, 0.05) is 12.6 Å². The molecule has 0 bridgehead atoms. The van der Waals surface area contributed by atoms with Crippen molar-refractivity contribution in [2.24, 2.45) is 5.92 Å². The second-order valence-corrected chi connectivity index (χ2v) is 8.47. The first-order chi connectivity index (χ1) is 11.7. The molecule has 6 heteroatoms. The topological polar surface area (TPSA) is 50.4 Å². The Bertz CT molecular complexity index is 579. The molecule has 25 heavy (non-hydrogen) atoms. The van der Waals surface area contributed by atoms with E-state index in [-0.39, 0.29) is 12.1 Å². The van der Waals surface area contributed by atoms with Crippen molar-refractivity contribution in [3.63, 3.8) is 0 Å². The summed E-state index contributed by atoms with van der Waals surface area (Å²) in [6.45, 7) is 6.50. The van der Waals surface area contributed by atoms with Crippen molar-refractivity contribution in [1.29, 1.82) is 0 Å². The van der Waals surface area contributed by atoms with E-state index in [1.165, 1.54) is 0 Å². The molecule has 2 rings (SSSR count). The second-order valence-electron chi connectivity index (χ2n) is 7.68. The van der Waals surface area contributed by atoms with E-state index in [2.05, 4.69) is 10.6 Å². The van der Waals surface area contributed by atoms with Crippen LogP contribution in [0.1, 0.15) is 52.9 Å². The second kappa shape index (κ2) is 9.00. The molecule has 1 aromatic carbocycles. The lowest BCUT2D eigenvalue weighted by Crippen LogP contribution is -2.41. The van der Waals surface area contributed by atoms with Crippen molar-refractivity contribution in [2.75, 3.05) is 11.9 Å². The van der Waals surface area contributed by atoms with Crippen LogP contribution in [-0.2, 0) is 4.74 Å². The molecule has 4 nitrogen and oxygen atoms in total. The fourth-order valence-electron chi connectivity index (χ4n) is 3.12. The van der Waals surface area contributed by atoms with Gasteiger partial charge in [-0.2, -0.15) is 0 Å². The monoisotopic (exact) mass is 386 g/mol. The normalized spacial score (nSPS) is 20.8. The fourth-order valence-corrected chi connectivity index (χ4v) is 3.49. The van der Waals surface area contributed by atoms with Crippen molar-refractivity contribution in [3.8, 4) is 0 Å². The van der Waals surface area contributed by atoms with Gasteiger partial charge >= 0.3 is 6.09 Å². The summed E-state index contributed by atoms with van der Waals surface area (Å²) in [7, 11) is 0. The van der Waals surface area contributed by atoms with Crippen molar-refractivity contribution in [1.82, 2.24) is 5.32 Å². The highest BCUT2D eigenvalue weighted by molar-refractivity contribution is 6.43. The Hall–Kier alpha value is -1.13. The molecule has 0 spiro atoms. The van der Waals surface area contributed by atoms with E-state index in [0.29, 0.717) is 16.0 Å². The molecule has 1 saturated carbocycles. The number of anilines is 1. The van der Waals surface area contributed by atoms with E-state index >= 15 is 0 Å². The van der Waals surface area contributed by atoms with Crippen molar-refractivity contribution < 1.29 is 9.53 Å². The molecule has 0 atom stereocenters. The molecular formula is C19H28Cl2N2O2. The molecule has 0 unspecified atom stereocenters. The Balaban J connectivity index is 1.67. The van der Waals surface area contributed by atoms with Gasteiger partial charge < -0.3 is 15.4 Å². The summed E-state index contributed by atoms with van der Waals surface area (Å²) < 4.78 is 5.32. The molecule has 0 radical (unpaired) electrons. The van der Waals surface area contributed by atoms with Gasteiger partial charge in [-0.3, -0.25) is 0 Å². The van der Waals surface area contributed by atoms with Crippen LogP contribution >= 0.6 is 23.2 Å². The Kier molecular flexibility index (Phi) is 7.26. The molecular weight excluding hydrogens is 359 g/mol. The Labute approximate surface area is 160 Å². The summed E-state index contributed by atoms with van der Waals surface area (Å²) >= 11 is 12.2. The quantitative estimate of drug-likeness (QED) is 0.663. The van der Waals surface area contributed by atoms with Crippen LogP contribution in [0.25, 0.3) is 0 Å². The Morgan fingerprint density at radius 2 is 1.88 bits per heavy atom. The lowest BCUT2D eigenvalue weighted by Gasteiger charge is -2.30. The van der Waals surface area contributed by atoms with Crippen molar-refractivity contribution in [2.45, 2.75) is 64.5 Å². The van der Waals surface area contributed by atoms with Crippen molar-refractivity contribution >= 4 is 35.0 Å². The van der Waals surface area contributed by atoms with Crippen LogP contribution < -0.4 is 10.6 Å². The van der Waals surface area contributed by atoms with E-state index in [4.69, 9.17) is 27.9 Å². The van der Waals surface area contributed by atoms with Crippen LogP contribution in [0.4, 0.5) is 10.5 Å². The highest BCUT2D eigenvalue weighted by atomic mass is 35.5. The molecule has 0 aromatic heterocycles. The molecule has 1 aliphatic rings. The van der Waals surface area contributed by atoms with Gasteiger partial charge in [-0.1, -0.05) is 29.3 Å². The number of rotatable bonds is 5.